The van der Waals surface area contributed by atoms with Crippen molar-refractivity contribution >= 4 is 11.8 Å². The molecule has 2 N–H and O–H groups in total. The largest absolute Gasteiger partial charge is 0.481 e. The van der Waals surface area contributed by atoms with Gasteiger partial charge in [0.2, 0.25) is 0 Å². The van der Waals surface area contributed by atoms with Crippen molar-refractivity contribution in [3.8, 4) is 0 Å². The van der Waals surface area contributed by atoms with E-state index in [-0.39, 0.29) is 12.2 Å². The van der Waals surface area contributed by atoms with Gasteiger partial charge >= 0.3 is 5.97 Å². The zero-order chi connectivity index (χ0) is 16.6. The molecule has 0 radical (unpaired) electrons. The molecule has 0 spiro atoms. The second kappa shape index (κ2) is 14.5. The van der Waals surface area contributed by atoms with E-state index in [1.807, 2.05) is 0 Å². The number of aliphatic carboxylic acids is 1. The lowest BCUT2D eigenvalue weighted by Crippen LogP contribution is -2.00. The van der Waals surface area contributed by atoms with Crippen molar-refractivity contribution in [2.45, 2.75) is 77.2 Å². The molecule has 0 bridgehead atoms. The fourth-order valence-electron chi connectivity index (χ4n) is 2.05. The third-order valence-corrected chi connectivity index (χ3v) is 3.39. The van der Waals surface area contributed by atoms with Crippen LogP contribution in [0, 0.1) is 0 Å². The van der Waals surface area contributed by atoms with Gasteiger partial charge in [-0.05, 0) is 25.3 Å². The van der Waals surface area contributed by atoms with Crippen molar-refractivity contribution in [1.82, 2.24) is 0 Å². The monoisotopic (exact) mass is 310 g/mol. The van der Waals surface area contributed by atoms with Gasteiger partial charge in [0, 0.05) is 12.8 Å². The molecule has 0 fully saturated rings. The highest BCUT2D eigenvalue weighted by molar-refractivity contribution is 5.89. The van der Waals surface area contributed by atoms with E-state index in [0.29, 0.717) is 12.8 Å². The summed E-state index contributed by atoms with van der Waals surface area (Å²) in [4.78, 5) is 21.9. The number of ketones is 1. The first-order valence-electron chi connectivity index (χ1n) is 8.33. The summed E-state index contributed by atoms with van der Waals surface area (Å²) in [5.74, 6) is -0.647. The molecule has 0 aliphatic rings. The minimum Gasteiger partial charge on any atom is -0.481 e. The van der Waals surface area contributed by atoms with E-state index in [4.69, 9.17) is 5.11 Å². The number of allylic oxidation sites excluding steroid dienone is 3. The SMILES string of the molecule is CCCC[C@H](O)/C=C/C=C/C(=O)CCCCCCCC(=O)O. The van der Waals surface area contributed by atoms with Crippen LogP contribution in [-0.4, -0.2) is 28.1 Å². The second-order valence-corrected chi connectivity index (χ2v) is 5.58. The van der Waals surface area contributed by atoms with Gasteiger partial charge in [0.15, 0.2) is 5.78 Å². The highest BCUT2D eigenvalue weighted by Crippen LogP contribution is 2.08. The molecule has 0 aliphatic heterocycles. The highest BCUT2D eigenvalue weighted by atomic mass is 16.4. The molecule has 0 aromatic rings. The molecule has 0 amide bonds. The molecular weight excluding hydrogens is 280 g/mol. The van der Waals surface area contributed by atoms with E-state index in [1.54, 1.807) is 24.3 Å². The summed E-state index contributed by atoms with van der Waals surface area (Å²) in [7, 11) is 0. The van der Waals surface area contributed by atoms with Gasteiger partial charge in [-0.25, -0.2) is 0 Å². The molecule has 22 heavy (non-hydrogen) atoms. The predicted octanol–water partition coefficient (Wildman–Crippen LogP) is 4.03. The van der Waals surface area contributed by atoms with E-state index < -0.39 is 12.1 Å². The summed E-state index contributed by atoms with van der Waals surface area (Å²) >= 11 is 0. The summed E-state index contributed by atoms with van der Waals surface area (Å²) < 4.78 is 0. The molecule has 126 valence electrons. The van der Waals surface area contributed by atoms with Gasteiger partial charge in [-0.3, -0.25) is 9.59 Å². The maximum absolute atomic E-state index is 11.6. The number of hydrogen-bond acceptors (Lipinski definition) is 3. The number of carbonyl (C=O) groups is 2. The zero-order valence-electron chi connectivity index (χ0n) is 13.7. The molecule has 0 rings (SSSR count). The molecule has 0 aromatic carbocycles. The number of rotatable bonds is 14. The van der Waals surface area contributed by atoms with Crippen LogP contribution in [0.25, 0.3) is 0 Å². The van der Waals surface area contributed by atoms with E-state index >= 15 is 0 Å². The van der Waals surface area contributed by atoms with Crippen LogP contribution >= 0.6 is 0 Å². The van der Waals surface area contributed by atoms with E-state index in [2.05, 4.69) is 6.92 Å². The van der Waals surface area contributed by atoms with E-state index in [0.717, 1.165) is 44.9 Å². The first-order chi connectivity index (χ1) is 10.6. The van der Waals surface area contributed by atoms with Crippen LogP contribution < -0.4 is 0 Å². The Labute approximate surface area is 133 Å². The Morgan fingerprint density at radius 1 is 0.955 bits per heavy atom. The van der Waals surface area contributed by atoms with Crippen molar-refractivity contribution in [2.24, 2.45) is 0 Å². The van der Waals surface area contributed by atoms with Gasteiger partial charge in [-0.1, -0.05) is 57.3 Å². The molecule has 0 unspecified atom stereocenters. The minimum atomic E-state index is -0.742. The summed E-state index contributed by atoms with van der Waals surface area (Å²) in [6.45, 7) is 2.08. The van der Waals surface area contributed by atoms with Crippen molar-refractivity contribution in [2.75, 3.05) is 0 Å². The van der Waals surface area contributed by atoms with Gasteiger partial charge in [0.05, 0.1) is 6.10 Å². The summed E-state index contributed by atoms with van der Waals surface area (Å²) in [5.41, 5.74) is 0. The Kier molecular flexibility index (Phi) is 13.6. The van der Waals surface area contributed by atoms with E-state index in [1.165, 1.54) is 0 Å². The van der Waals surface area contributed by atoms with Crippen LogP contribution in [0.4, 0.5) is 0 Å². The normalized spacial score (nSPS) is 13.0. The Balaban J connectivity index is 3.58. The van der Waals surface area contributed by atoms with E-state index in [9.17, 15) is 14.7 Å². The first-order valence-corrected chi connectivity index (χ1v) is 8.33. The van der Waals surface area contributed by atoms with Gasteiger partial charge in [-0.15, -0.1) is 0 Å². The Hall–Kier alpha value is -1.42. The lowest BCUT2D eigenvalue weighted by molar-refractivity contribution is -0.137. The number of carboxylic acids is 1. The summed E-state index contributed by atoms with van der Waals surface area (Å²) in [5, 5.41) is 18.1. The number of aliphatic hydroxyl groups is 1. The van der Waals surface area contributed by atoms with Crippen LogP contribution in [-0.2, 0) is 9.59 Å². The maximum atomic E-state index is 11.6. The molecule has 0 saturated carbocycles. The lowest BCUT2D eigenvalue weighted by Gasteiger charge is -2.01. The van der Waals surface area contributed by atoms with Crippen LogP contribution in [0.1, 0.15) is 71.1 Å². The first kappa shape index (κ1) is 20.6. The predicted molar refractivity (Wildman–Crippen MR) is 88.8 cm³/mol. The van der Waals surface area contributed by atoms with Gasteiger partial charge in [0.25, 0.3) is 0 Å². The lowest BCUT2D eigenvalue weighted by atomic mass is 10.1. The van der Waals surface area contributed by atoms with Crippen molar-refractivity contribution in [3.05, 3.63) is 24.3 Å². The third-order valence-electron chi connectivity index (χ3n) is 3.39. The van der Waals surface area contributed by atoms with Crippen LogP contribution in [0.15, 0.2) is 24.3 Å². The maximum Gasteiger partial charge on any atom is 0.303 e. The summed E-state index contributed by atoms with van der Waals surface area (Å²) in [6, 6.07) is 0. The van der Waals surface area contributed by atoms with Gasteiger partial charge in [-0.2, -0.15) is 0 Å². The fourth-order valence-corrected chi connectivity index (χ4v) is 2.05. The molecule has 4 heteroatoms. The Morgan fingerprint density at radius 2 is 1.59 bits per heavy atom. The fraction of sp³-hybridized carbons (Fsp3) is 0.667. The molecule has 4 nitrogen and oxygen atoms in total. The molecular formula is C18H30O4. The van der Waals surface area contributed by atoms with Crippen LogP contribution in [0.3, 0.4) is 0 Å². The number of carbonyl (C=O) groups excluding carboxylic acids is 1. The molecule has 0 aliphatic carbocycles. The van der Waals surface area contributed by atoms with Crippen LogP contribution in [0.5, 0.6) is 0 Å². The number of hydrogen-bond donors (Lipinski definition) is 2. The smallest absolute Gasteiger partial charge is 0.303 e. The highest BCUT2D eigenvalue weighted by Gasteiger charge is 1.99. The number of aliphatic hydroxyl groups excluding tert-OH is 1. The third kappa shape index (κ3) is 15.0. The Morgan fingerprint density at radius 3 is 2.23 bits per heavy atom. The van der Waals surface area contributed by atoms with Gasteiger partial charge < -0.3 is 10.2 Å². The topological polar surface area (TPSA) is 74.6 Å². The number of unbranched alkanes of at least 4 members (excludes halogenated alkanes) is 5. The zero-order valence-corrected chi connectivity index (χ0v) is 13.7. The van der Waals surface area contributed by atoms with Crippen molar-refractivity contribution in [3.63, 3.8) is 0 Å². The standard InChI is InChI=1S/C18H30O4/c1-2-3-11-16(19)13-9-10-14-17(20)12-7-5-4-6-8-15-18(21)22/h9-10,13-14,16,19H,2-8,11-12,15H2,1H3,(H,21,22)/b13-9+,14-10+/t16-/m0/s1. The molecule has 0 saturated heterocycles. The van der Waals surface area contributed by atoms with Gasteiger partial charge in [0.1, 0.15) is 0 Å². The summed E-state index contributed by atoms with van der Waals surface area (Å²) in [6.07, 6.45) is 14.3. The second-order valence-electron chi connectivity index (χ2n) is 5.58. The minimum absolute atomic E-state index is 0.0956. The van der Waals surface area contributed by atoms with Crippen LogP contribution in [0.2, 0.25) is 0 Å². The Bertz CT molecular complexity index is 358. The average molecular weight is 310 g/mol. The number of carboxylic acid groups (broad SMARTS) is 1. The molecule has 0 aromatic heterocycles. The van der Waals surface area contributed by atoms with Crippen molar-refractivity contribution in [1.29, 1.82) is 0 Å². The molecule has 1 atom stereocenters. The average Bonchev–Trinajstić information content (AvgIpc) is 2.48. The molecule has 0 heterocycles. The quantitative estimate of drug-likeness (QED) is 0.288. The van der Waals surface area contributed by atoms with Crippen molar-refractivity contribution < 1.29 is 19.8 Å².